The van der Waals surface area contributed by atoms with Crippen LogP contribution in [-0.2, 0) is 11.8 Å². The monoisotopic (exact) mass is 290 g/mol. The summed E-state index contributed by atoms with van der Waals surface area (Å²) in [5.41, 5.74) is 0.908. The van der Waals surface area contributed by atoms with Gasteiger partial charge in [0.25, 0.3) is 0 Å². The lowest BCUT2D eigenvalue weighted by atomic mass is 10.1. The quantitative estimate of drug-likeness (QED) is 0.945. The summed E-state index contributed by atoms with van der Waals surface area (Å²) in [7, 11) is 1.96. The molecule has 2 aromatic rings. The summed E-state index contributed by atoms with van der Waals surface area (Å²) in [4.78, 5) is 21.9. The first-order chi connectivity index (χ1) is 9.65. The number of aromatic nitrogens is 3. The van der Waals surface area contributed by atoms with E-state index < -0.39 is 0 Å². The zero-order valence-corrected chi connectivity index (χ0v) is 12.5. The highest BCUT2D eigenvalue weighted by Crippen LogP contribution is 2.32. The lowest BCUT2D eigenvalue weighted by molar-refractivity contribution is -0.119. The Morgan fingerprint density at radius 3 is 2.85 bits per heavy atom. The topological polar surface area (TPSA) is 59.8 Å². The number of anilines is 1. The molecule has 1 N–H and O–H groups in total. The third-order valence-electron chi connectivity index (χ3n) is 3.78. The van der Waals surface area contributed by atoms with Crippen LogP contribution in [0.1, 0.15) is 31.4 Å². The summed E-state index contributed by atoms with van der Waals surface area (Å²) in [5.74, 6) is 1.17. The Kier molecular flexibility index (Phi) is 3.56. The predicted molar refractivity (Wildman–Crippen MR) is 79.6 cm³/mol. The number of aryl methyl sites for hydroxylation is 2. The van der Waals surface area contributed by atoms with E-state index in [1.54, 1.807) is 6.20 Å². The average molecular weight is 290 g/mol. The summed E-state index contributed by atoms with van der Waals surface area (Å²) >= 11 is 1.49. The minimum absolute atomic E-state index is 0.114. The second-order valence-electron chi connectivity index (χ2n) is 5.27. The number of carbonyl (C=O) groups excluding carboxylic acids is 1. The van der Waals surface area contributed by atoms with Crippen LogP contribution in [0.15, 0.2) is 12.4 Å². The van der Waals surface area contributed by atoms with Gasteiger partial charge in [-0.3, -0.25) is 4.79 Å². The summed E-state index contributed by atoms with van der Waals surface area (Å²) in [5, 5.41) is 3.64. The Hall–Kier alpha value is -1.69. The summed E-state index contributed by atoms with van der Waals surface area (Å²) in [6, 6.07) is 0. The standard InChI is InChI=1S/C14H18N4OS/c1-9-11(12-15-7-8-18(12)2)20-14(16-9)17-13(19)10-5-3-4-6-10/h7-8,10H,3-6H2,1-2H3,(H,16,17,19). The van der Waals surface area contributed by atoms with Gasteiger partial charge in [0.2, 0.25) is 5.91 Å². The Bertz CT molecular complexity index is 625. The van der Waals surface area contributed by atoms with Gasteiger partial charge in [0.05, 0.1) is 10.6 Å². The first-order valence-corrected chi connectivity index (χ1v) is 7.73. The predicted octanol–water partition coefficient (Wildman–Crippen LogP) is 2.98. The van der Waals surface area contributed by atoms with Gasteiger partial charge < -0.3 is 9.88 Å². The van der Waals surface area contributed by atoms with E-state index >= 15 is 0 Å². The minimum atomic E-state index is 0.114. The molecule has 1 saturated carbocycles. The van der Waals surface area contributed by atoms with Crippen molar-refractivity contribution in [3.05, 3.63) is 18.1 Å². The van der Waals surface area contributed by atoms with Gasteiger partial charge in [0.15, 0.2) is 11.0 Å². The van der Waals surface area contributed by atoms with Crippen LogP contribution in [0, 0.1) is 12.8 Å². The average Bonchev–Trinajstić information content (AvgIpc) is 3.10. The zero-order chi connectivity index (χ0) is 14.1. The molecule has 5 nitrogen and oxygen atoms in total. The molecular weight excluding hydrogens is 272 g/mol. The lowest BCUT2D eigenvalue weighted by Gasteiger charge is -2.07. The van der Waals surface area contributed by atoms with Crippen molar-refractivity contribution in [2.24, 2.45) is 13.0 Å². The van der Waals surface area contributed by atoms with Gasteiger partial charge in [0, 0.05) is 25.4 Å². The van der Waals surface area contributed by atoms with Crippen LogP contribution in [0.5, 0.6) is 0 Å². The highest BCUT2D eigenvalue weighted by Gasteiger charge is 2.24. The fourth-order valence-corrected chi connectivity index (χ4v) is 3.65. The van der Waals surface area contributed by atoms with E-state index in [0.717, 1.165) is 42.1 Å². The molecule has 1 fully saturated rings. The third kappa shape index (κ3) is 2.47. The van der Waals surface area contributed by atoms with Crippen molar-refractivity contribution in [2.45, 2.75) is 32.6 Å². The first-order valence-electron chi connectivity index (χ1n) is 6.91. The Morgan fingerprint density at radius 2 is 2.20 bits per heavy atom. The summed E-state index contributed by atoms with van der Waals surface area (Å²) < 4.78 is 1.96. The normalized spacial score (nSPS) is 15.7. The maximum Gasteiger partial charge on any atom is 0.229 e. The van der Waals surface area contributed by atoms with E-state index in [0.29, 0.717) is 5.13 Å². The van der Waals surface area contributed by atoms with E-state index in [9.17, 15) is 4.79 Å². The molecule has 106 valence electrons. The number of rotatable bonds is 3. The molecule has 0 radical (unpaired) electrons. The van der Waals surface area contributed by atoms with Crippen molar-refractivity contribution < 1.29 is 4.79 Å². The zero-order valence-electron chi connectivity index (χ0n) is 11.7. The van der Waals surface area contributed by atoms with Crippen molar-refractivity contribution in [3.63, 3.8) is 0 Å². The second-order valence-corrected chi connectivity index (χ2v) is 6.27. The molecule has 0 bridgehead atoms. The molecule has 6 heteroatoms. The lowest BCUT2D eigenvalue weighted by Crippen LogP contribution is -2.20. The number of hydrogen-bond donors (Lipinski definition) is 1. The van der Waals surface area contributed by atoms with Gasteiger partial charge in [-0.2, -0.15) is 0 Å². The minimum Gasteiger partial charge on any atom is -0.333 e. The molecule has 0 atom stereocenters. The molecule has 2 aromatic heterocycles. The van der Waals surface area contributed by atoms with Crippen LogP contribution in [0.3, 0.4) is 0 Å². The van der Waals surface area contributed by atoms with Crippen LogP contribution in [0.25, 0.3) is 10.7 Å². The van der Waals surface area contributed by atoms with E-state index in [2.05, 4.69) is 15.3 Å². The highest BCUT2D eigenvalue weighted by molar-refractivity contribution is 7.19. The van der Waals surface area contributed by atoms with Gasteiger partial charge >= 0.3 is 0 Å². The fourth-order valence-electron chi connectivity index (χ4n) is 2.64. The smallest absolute Gasteiger partial charge is 0.229 e. The highest BCUT2D eigenvalue weighted by atomic mass is 32.1. The number of thiazole rings is 1. The molecular formula is C14H18N4OS. The van der Waals surface area contributed by atoms with Gasteiger partial charge in [-0.1, -0.05) is 24.2 Å². The van der Waals surface area contributed by atoms with Crippen molar-refractivity contribution in [2.75, 3.05) is 5.32 Å². The Morgan fingerprint density at radius 1 is 1.45 bits per heavy atom. The van der Waals surface area contributed by atoms with E-state index in [1.165, 1.54) is 11.3 Å². The number of hydrogen-bond acceptors (Lipinski definition) is 4. The Labute approximate surface area is 122 Å². The van der Waals surface area contributed by atoms with Gasteiger partial charge in [-0.15, -0.1) is 0 Å². The second kappa shape index (κ2) is 5.36. The van der Waals surface area contributed by atoms with Crippen LogP contribution in [-0.4, -0.2) is 20.4 Å². The number of amides is 1. The maximum absolute atomic E-state index is 12.1. The van der Waals surface area contributed by atoms with E-state index in [-0.39, 0.29) is 11.8 Å². The van der Waals surface area contributed by atoms with Crippen molar-refractivity contribution in [3.8, 4) is 10.7 Å². The summed E-state index contributed by atoms with van der Waals surface area (Å²) in [6.45, 7) is 1.95. The molecule has 1 aliphatic carbocycles. The number of nitrogens with zero attached hydrogens (tertiary/aromatic N) is 3. The van der Waals surface area contributed by atoms with Crippen molar-refractivity contribution in [1.82, 2.24) is 14.5 Å². The van der Waals surface area contributed by atoms with Gasteiger partial charge in [0.1, 0.15) is 0 Å². The number of carbonyl (C=O) groups is 1. The summed E-state index contributed by atoms with van der Waals surface area (Å²) in [6.07, 6.45) is 8.00. The molecule has 0 spiro atoms. The molecule has 0 unspecified atom stereocenters. The van der Waals surface area contributed by atoms with Crippen molar-refractivity contribution >= 4 is 22.4 Å². The van der Waals surface area contributed by atoms with Crippen molar-refractivity contribution in [1.29, 1.82) is 0 Å². The molecule has 1 aliphatic rings. The first kappa shape index (κ1) is 13.3. The molecule has 3 rings (SSSR count). The van der Waals surface area contributed by atoms with E-state index in [4.69, 9.17) is 0 Å². The van der Waals surface area contributed by atoms with Crippen LogP contribution in [0.2, 0.25) is 0 Å². The fraction of sp³-hybridized carbons (Fsp3) is 0.500. The largest absolute Gasteiger partial charge is 0.333 e. The van der Waals surface area contributed by atoms with Crippen LogP contribution >= 0.6 is 11.3 Å². The molecule has 0 aliphatic heterocycles. The molecule has 2 heterocycles. The van der Waals surface area contributed by atoms with Gasteiger partial charge in [-0.05, 0) is 19.8 Å². The molecule has 20 heavy (non-hydrogen) atoms. The molecule has 1 amide bonds. The maximum atomic E-state index is 12.1. The van der Waals surface area contributed by atoms with E-state index in [1.807, 2.05) is 24.7 Å². The number of imidazole rings is 1. The van der Waals surface area contributed by atoms with Crippen LogP contribution < -0.4 is 5.32 Å². The SMILES string of the molecule is Cc1nc(NC(=O)C2CCCC2)sc1-c1nccn1C. The third-order valence-corrected chi connectivity index (χ3v) is 4.85. The van der Waals surface area contributed by atoms with Crippen LogP contribution in [0.4, 0.5) is 5.13 Å². The molecule has 0 saturated heterocycles. The number of nitrogens with one attached hydrogen (secondary N) is 1. The Balaban J connectivity index is 1.79. The van der Waals surface area contributed by atoms with Gasteiger partial charge in [-0.25, -0.2) is 9.97 Å². The molecule has 0 aromatic carbocycles.